The zero-order valence-electron chi connectivity index (χ0n) is 18.3. The number of nitrogens with zero attached hydrogens (tertiary/aromatic N) is 4. The van der Waals surface area contributed by atoms with Crippen LogP contribution in [0.25, 0.3) is 22.2 Å². The van der Waals surface area contributed by atoms with Crippen molar-refractivity contribution in [1.29, 1.82) is 0 Å². The van der Waals surface area contributed by atoms with Gasteiger partial charge in [0.2, 0.25) is 5.91 Å². The Morgan fingerprint density at radius 2 is 2.00 bits per heavy atom. The first-order valence-corrected chi connectivity index (χ1v) is 12.0. The molecule has 3 atom stereocenters. The van der Waals surface area contributed by atoms with E-state index in [0.29, 0.717) is 30.3 Å². The number of rotatable bonds is 6. The first kappa shape index (κ1) is 20.5. The molecule has 7 heteroatoms. The summed E-state index contributed by atoms with van der Waals surface area (Å²) in [6.45, 7) is 0.906. The lowest BCUT2D eigenvalue weighted by Gasteiger charge is -2.25. The van der Waals surface area contributed by atoms with Crippen LogP contribution in [0.1, 0.15) is 31.2 Å². The molecule has 2 aliphatic heterocycles. The summed E-state index contributed by atoms with van der Waals surface area (Å²) in [5, 5.41) is 7.64. The van der Waals surface area contributed by atoms with E-state index >= 15 is 0 Å². The second-order valence-corrected chi connectivity index (χ2v) is 9.75. The molecule has 3 unspecified atom stereocenters. The molecule has 2 fully saturated rings. The molecule has 0 saturated carbocycles. The average Bonchev–Trinajstić information content (AvgIpc) is 3.62. The molecule has 4 heterocycles. The average molecular weight is 460 g/mol. The highest BCUT2D eigenvalue weighted by Gasteiger charge is 2.48. The highest BCUT2D eigenvalue weighted by atomic mass is 35.5. The molecule has 2 saturated heterocycles. The third-order valence-corrected chi connectivity index (χ3v) is 7.63. The number of H-pyrrole nitrogens is 1. The van der Waals surface area contributed by atoms with Crippen LogP contribution in [0.5, 0.6) is 0 Å². The maximum atomic E-state index is 13.1. The van der Waals surface area contributed by atoms with Crippen molar-refractivity contribution in [3.63, 3.8) is 0 Å². The predicted octanol–water partition coefficient (Wildman–Crippen LogP) is 5.09. The molecule has 33 heavy (non-hydrogen) atoms. The van der Waals surface area contributed by atoms with Gasteiger partial charge < -0.3 is 9.47 Å². The van der Waals surface area contributed by atoms with E-state index in [9.17, 15) is 4.79 Å². The number of halogens is 1. The Bertz CT molecular complexity index is 1280. The number of imidazole rings is 1. The molecule has 6 rings (SSSR count). The van der Waals surface area contributed by atoms with Gasteiger partial charge in [0.25, 0.3) is 0 Å². The van der Waals surface area contributed by atoms with Crippen LogP contribution in [0.2, 0.25) is 5.02 Å². The van der Waals surface area contributed by atoms with Crippen LogP contribution in [-0.2, 0) is 17.8 Å². The van der Waals surface area contributed by atoms with Gasteiger partial charge in [0.1, 0.15) is 0 Å². The molecule has 1 amide bonds. The molecule has 4 aromatic rings. The molecule has 2 aliphatic rings. The Hall–Kier alpha value is -3.12. The van der Waals surface area contributed by atoms with E-state index in [1.54, 1.807) is 0 Å². The number of aromatic amines is 1. The highest BCUT2D eigenvalue weighted by Crippen LogP contribution is 2.43. The van der Waals surface area contributed by atoms with E-state index in [1.807, 2.05) is 43.0 Å². The standard InChI is InChI=1S/C26H26ClN5O/c27-21-5-1-17(2-6-21)3-10-26(33)32-22-7-9-24(32)19(11-22)15-31-16-28-23-12-18(4-8-25(23)31)20-13-29-30-14-20/h1-2,4-6,8,12-14,16,19,22,24H,3,7,9-11,15H2,(H,29,30). The second-order valence-electron chi connectivity index (χ2n) is 9.31. The number of hydrogen-bond acceptors (Lipinski definition) is 3. The summed E-state index contributed by atoms with van der Waals surface area (Å²) in [7, 11) is 0. The molecule has 0 radical (unpaired) electrons. The SMILES string of the molecule is O=C(CCc1ccc(Cl)cc1)N1C2CCC1C(Cn1cnc3cc(-c4cn[nH]c4)ccc31)C2. The summed E-state index contributed by atoms with van der Waals surface area (Å²) in [6, 6.07) is 14.9. The quantitative estimate of drug-likeness (QED) is 0.436. The molecule has 2 bridgehead atoms. The van der Waals surface area contributed by atoms with Crippen LogP contribution in [0.15, 0.2) is 61.2 Å². The van der Waals surface area contributed by atoms with Crippen molar-refractivity contribution in [1.82, 2.24) is 24.6 Å². The number of nitrogens with one attached hydrogen (secondary N) is 1. The lowest BCUT2D eigenvalue weighted by atomic mass is 9.89. The Morgan fingerprint density at radius 1 is 1.12 bits per heavy atom. The molecule has 6 nitrogen and oxygen atoms in total. The van der Waals surface area contributed by atoms with Gasteiger partial charge in [-0.15, -0.1) is 0 Å². The number of aromatic nitrogens is 4. The summed E-state index contributed by atoms with van der Waals surface area (Å²) in [6.07, 6.45) is 10.3. The third-order valence-electron chi connectivity index (χ3n) is 7.38. The molecule has 2 aromatic carbocycles. The lowest BCUT2D eigenvalue weighted by Crippen LogP contribution is -2.37. The summed E-state index contributed by atoms with van der Waals surface area (Å²) < 4.78 is 2.26. The Labute approximate surface area is 197 Å². The van der Waals surface area contributed by atoms with E-state index in [4.69, 9.17) is 11.6 Å². The van der Waals surface area contributed by atoms with Crippen molar-refractivity contribution in [3.05, 3.63) is 71.8 Å². The number of carbonyl (C=O) groups is 1. The monoisotopic (exact) mass is 459 g/mol. The zero-order valence-corrected chi connectivity index (χ0v) is 19.1. The van der Waals surface area contributed by atoms with Gasteiger partial charge in [-0.2, -0.15) is 5.10 Å². The number of amides is 1. The zero-order chi connectivity index (χ0) is 22.4. The largest absolute Gasteiger partial charge is 0.336 e. The van der Waals surface area contributed by atoms with Crippen LogP contribution in [0.3, 0.4) is 0 Å². The smallest absolute Gasteiger partial charge is 0.223 e. The first-order chi connectivity index (χ1) is 16.2. The minimum Gasteiger partial charge on any atom is -0.336 e. The summed E-state index contributed by atoms with van der Waals surface area (Å²) in [4.78, 5) is 20.0. The van der Waals surface area contributed by atoms with Crippen molar-refractivity contribution in [2.75, 3.05) is 0 Å². The number of carbonyl (C=O) groups excluding carboxylic acids is 1. The van der Waals surface area contributed by atoms with E-state index in [-0.39, 0.29) is 0 Å². The number of aryl methyl sites for hydroxylation is 1. The van der Waals surface area contributed by atoms with Gasteiger partial charge in [-0.05, 0) is 67.0 Å². The van der Waals surface area contributed by atoms with Crippen LogP contribution < -0.4 is 0 Å². The second kappa shape index (κ2) is 8.34. The Balaban J connectivity index is 1.14. The molecule has 168 valence electrons. The molecule has 2 aromatic heterocycles. The van der Waals surface area contributed by atoms with E-state index in [2.05, 4.69) is 42.8 Å². The maximum Gasteiger partial charge on any atom is 0.223 e. The van der Waals surface area contributed by atoms with E-state index in [1.165, 1.54) is 0 Å². The van der Waals surface area contributed by atoms with Gasteiger partial charge in [-0.1, -0.05) is 29.8 Å². The van der Waals surface area contributed by atoms with Gasteiger partial charge in [-0.25, -0.2) is 4.98 Å². The van der Waals surface area contributed by atoms with Gasteiger partial charge in [0.05, 0.1) is 23.6 Å². The number of hydrogen-bond donors (Lipinski definition) is 1. The fourth-order valence-electron chi connectivity index (χ4n) is 5.78. The van der Waals surface area contributed by atoms with E-state index < -0.39 is 0 Å². The van der Waals surface area contributed by atoms with Crippen LogP contribution in [0, 0.1) is 5.92 Å². The van der Waals surface area contributed by atoms with Crippen molar-refractivity contribution in [2.24, 2.45) is 5.92 Å². The van der Waals surface area contributed by atoms with Gasteiger partial charge in [0, 0.05) is 41.8 Å². The summed E-state index contributed by atoms with van der Waals surface area (Å²) in [5.74, 6) is 0.773. The van der Waals surface area contributed by atoms with Crippen molar-refractivity contribution in [3.8, 4) is 11.1 Å². The lowest BCUT2D eigenvalue weighted by molar-refractivity contribution is -0.132. The number of fused-ring (bicyclic) bond motifs is 3. The van der Waals surface area contributed by atoms with Crippen LogP contribution in [-0.4, -0.2) is 42.6 Å². The van der Waals surface area contributed by atoms with Crippen molar-refractivity contribution < 1.29 is 4.79 Å². The van der Waals surface area contributed by atoms with Crippen LogP contribution in [0.4, 0.5) is 0 Å². The third kappa shape index (κ3) is 3.82. The Kier molecular flexibility index (Phi) is 5.18. The van der Waals surface area contributed by atoms with Gasteiger partial charge in [0.15, 0.2) is 0 Å². The summed E-state index contributed by atoms with van der Waals surface area (Å²) in [5.41, 5.74) is 5.47. The maximum absolute atomic E-state index is 13.1. The van der Waals surface area contributed by atoms with Crippen LogP contribution >= 0.6 is 11.6 Å². The predicted molar refractivity (Wildman–Crippen MR) is 129 cm³/mol. The minimum absolute atomic E-state index is 0.292. The fraction of sp³-hybridized carbons (Fsp3) is 0.346. The van der Waals surface area contributed by atoms with Gasteiger partial charge >= 0.3 is 0 Å². The molecular weight excluding hydrogens is 434 g/mol. The molecule has 0 aliphatic carbocycles. The molecule has 1 N–H and O–H groups in total. The summed E-state index contributed by atoms with van der Waals surface area (Å²) >= 11 is 5.98. The highest BCUT2D eigenvalue weighted by molar-refractivity contribution is 6.30. The topological polar surface area (TPSA) is 66.8 Å². The van der Waals surface area contributed by atoms with Crippen molar-refractivity contribution in [2.45, 2.75) is 50.7 Å². The molecular formula is C26H26ClN5O. The fourth-order valence-corrected chi connectivity index (χ4v) is 5.91. The number of benzene rings is 2. The minimum atomic E-state index is 0.292. The van der Waals surface area contributed by atoms with Gasteiger partial charge in [-0.3, -0.25) is 9.89 Å². The first-order valence-electron chi connectivity index (χ1n) is 11.7. The molecule has 0 spiro atoms. The van der Waals surface area contributed by atoms with E-state index in [0.717, 1.165) is 65.0 Å². The Morgan fingerprint density at radius 3 is 2.82 bits per heavy atom. The normalized spacial score (nSPS) is 21.8. The van der Waals surface area contributed by atoms with Crippen molar-refractivity contribution >= 4 is 28.5 Å².